The van der Waals surface area contributed by atoms with Crippen molar-refractivity contribution in [2.45, 2.75) is 84.6 Å². The second-order valence-corrected chi connectivity index (χ2v) is 13.7. The van der Waals surface area contributed by atoms with Crippen LogP contribution in [0, 0.1) is 19.8 Å². The maximum Gasteiger partial charge on any atom is 0.251 e. The summed E-state index contributed by atoms with van der Waals surface area (Å²) in [5.74, 6) is -3.54. The van der Waals surface area contributed by atoms with Crippen molar-refractivity contribution in [1.82, 2.24) is 41.3 Å². The summed E-state index contributed by atoms with van der Waals surface area (Å²) in [6.45, 7) is 9.32. The molecule has 3 aromatic rings. The van der Waals surface area contributed by atoms with Crippen LogP contribution in [0.25, 0.3) is 0 Å². The van der Waals surface area contributed by atoms with E-state index >= 15 is 0 Å². The van der Waals surface area contributed by atoms with E-state index in [-0.39, 0.29) is 31.8 Å². The van der Waals surface area contributed by atoms with Gasteiger partial charge in [0.15, 0.2) is 0 Å². The summed E-state index contributed by atoms with van der Waals surface area (Å²) >= 11 is 0. The molecule has 1 aliphatic heterocycles. The van der Waals surface area contributed by atoms with Gasteiger partial charge >= 0.3 is 0 Å². The minimum Gasteiger partial charge on any atom is -0.355 e. The van der Waals surface area contributed by atoms with Crippen molar-refractivity contribution in [2.24, 2.45) is 5.92 Å². The van der Waals surface area contributed by atoms with E-state index in [9.17, 15) is 28.8 Å². The second-order valence-electron chi connectivity index (χ2n) is 13.7. The third kappa shape index (κ3) is 11.0. The van der Waals surface area contributed by atoms with Crippen molar-refractivity contribution in [3.8, 4) is 0 Å². The first-order chi connectivity index (χ1) is 24.7. The molecule has 1 fully saturated rings. The van der Waals surface area contributed by atoms with E-state index in [0.29, 0.717) is 18.5 Å². The molecule has 4 rings (SSSR count). The van der Waals surface area contributed by atoms with Crippen LogP contribution in [0.4, 0.5) is 0 Å². The Balaban J connectivity index is 1.51. The molecule has 0 radical (unpaired) electrons. The molecule has 0 aliphatic carbocycles. The number of hydrogen-bond donors (Lipinski definition) is 5. The van der Waals surface area contributed by atoms with Gasteiger partial charge < -0.3 is 31.5 Å². The van der Waals surface area contributed by atoms with Crippen molar-refractivity contribution in [3.05, 3.63) is 88.7 Å². The summed E-state index contributed by atoms with van der Waals surface area (Å²) in [5, 5.41) is 18.2. The fourth-order valence-corrected chi connectivity index (χ4v) is 5.93. The molecule has 52 heavy (non-hydrogen) atoms. The average molecular weight is 715 g/mol. The fraction of sp³-hybridized carbons (Fsp3) is 0.447. The highest BCUT2D eigenvalue weighted by Gasteiger charge is 2.32. The van der Waals surface area contributed by atoms with Crippen LogP contribution < -0.4 is 26.6 Å². The van der Waals surface area contributed by atoms with Gasteiger partial charge in [0.05, 0.1) is 18.8 Å². The van der Waals surface area contributed by atoms with E-state index in [1.165, 1.54) is 18.9 Å². The predicted molar refractivity (Wildman–Crippen MR) is 195 cm³/mol. The molecule has 278 valence electrons. The Labute approximate surface area is 304 Å². The molecular formula is C38H50N8O6. The van der Waals surface area contributed by atoms with Gasteiger partial charge in [0.25, 0.3) is 5.91 Å². The number of benzene rings is 2. The van der Waals surface area contributed by atoms with Crippen LogP contribution in [0.2, 0.25) is 0 Å². The second kappa shape index (κ2) is 18.1. The lowest BCUT2D eigenvalue weighted by molar-refractivity contribution is -0.139. The minimum absolute atomic E-state index is 0.146. The van der Waals surface area contributed by atoms with Gasteiger partial charge in [-0.15, -0.1) is 0 Å². The number of nitrogens with zero attached hydrogens (tertiary/aromatic N) is 3. The Kier molecular flexibility index (Phi) is 13.7. The highest BCUT2D eigenvalue weighted by molar-refractivity contribution is 5.99. The topological polar surface area (TPSA) is 184 Å². The van der Waals surface area contributed by atoms with E-state index in [1.54, 1.807) is 26.0 Å². The zero-order chi connectivity index (χ0) is 37.9. The normalized spacial score (nSPS) is 21.4. The molecule has 6 amide bonds. The van der Waals surface area contributed by atoms with Crippen LogP contribution in [0.15, 0.2) is 60.7 Å². The number of rotatable bonds is 7. The van der Waals surface area contributed by atoms with Gasteiger partial charge in [-0.1, -0.05) is 56.3 Å². The molecule has 0 unspecified atom stereocenters. The average Bonchev–Trinajstić information content (AvgIpc) is 3.42. The van der Waals surface area contributed by atoms with Crippen molar-refractivity contribution in [1.29, 1.82) is 0 Å². The Morgan fingerprint density at radius 3 is 2.23 bits per heavy atom. The van der Waals surface area contributed by atoms with Crippen LogP contribution in [-0.4, -0.2) is 94.4 Å². The monoisotopic (exact) mass is 714 g/mol. The molecule has 1 aromatic heterocycles. The lowest BCUT2D eigenvalue weighted by atomic mass is 10.0. The zero-order valence-electron chi connectivity index (χ0n) is 30.7. The summed E-state index contributed by atoms with van der Waals surface area (Å²) in [5.41, 5.74) is 4.02. The molecule has 2 heterocycles. The number of carbonyl (C=O) groups excluding carboxylic acids is 6. The molecule has 14 heteroatoms. The Bertz CT molecular complexity index is 1740. The predicted octanol–water partition coefficient (Wildman–Crippen LogP) is 1.39. The molecule has 4 atom stereocenters. The molecule has 1 saturated heterocycles. The lowest BCUT2D eigenvalue weighted by Gasteiger charge is -2.28. The van der Waals surface area contributed by atoms with E-state index < -0.39 is 59.6 Å². The number of nitrogens with one attached hydrogen (secondary N) is 5. The van der Waals surface area contributed by atoms with Gasteiger partial charge in [-0.3, -0.25) is 33.4 Å². The molecule has 14 nitrogen and oxygen atoms in total. The van der Waals surface area contributed by atoms with Crippen LogP contribution >= 0.6 is 0 Å². The molecule has 2 aromatic carbocycles. The summed E-state index contributed by atoms with van der Waals surface area (Å²) in [6, 6.07) is 14.0. The first-order valence-electron chi connectivity index (χ1n) is 17.6. The van der Waals surface area contributed by atoms with Gasteiger partial charge in [-0.05, 0) is 68.9 Å². The van der Waals surface area contributed by atoms with E-state index in [0.717, 1.165) is 22.5 Å². The molecule has 1 aliphatic rings. The zero-order valence-corrected chi connectivity index (χ0v) is 30.7. The van der Waals surface area contributed by atoms with Crippen molar-refractivity contribution >= 4 is 35.4 Å². The lowest BCUT2D eigenvalue weighted by Crippen LogP contribution is -2.59. The van der Waals surface area contributed by atoms with Crippen LogP contribution in [0.3, 0.4) is 0 Å². The smallest absolute Gasteiger partial charge is 0.251 e. The highest BCUT2D eigenvalue weighted by atomic mass is 16.2. The molecule has 0 bridgehead atoms. The fourth-order valence-electron chi connectivity index (χ4n) is 5.93. The Hall–Kier alpha value is -5.53. The van der Waals surface area contributed by atoms with Crippen molar-refractivity contribution in [2.75, 3.05) is 20.1 Å². The van der Waals surface area contributed by atoms with E-state index in [1.807, 2.05) is 67.1 Å². The van der Waals surface area contributed by atoms with Crippen molar-refractivity contribution in [3.63, 3.8) is 0 Å². The first-order valence-corrected chi connectivity index (χ1v) is 17.6. The quantitative estimate of drug-likeness (QED) is 0.245. The number of carbonyl (C=O) groups is 6. The number of hydrogen-bond acceptors (Lipinski definition) is 7. The maximum atomic E-state index is 13.7. The first kappa shape index (κ1) is 39.3. The van der Waals surface area contributed by atoms with Gasteiger partial charge in [0, 0.05) is 31.3 Å². The number of aryl methyl sites for hydroxylation is 2. The third-order valence-corrected chi connectivity index (χ3v) is 8.92. The largest absolute Gasteiger partial charge is 0.355 e. The number of aromatic nitrogens is 2. The van der Waals surface area contributed by atoms with Gasteiger partial charge in [0.1, 0.15) is 24.2 Å². The summed E-state index contributed by atoms with van der Waals surface area (Å²) in [7, 11) is 1.48. The molecule has 0 saturated carbocycles. The third-order valence-electron chi connectivity index (χ3n) is 8.92. The summed E-state index contributed by atoms with van der Waals surface area (Å²) in [6.07, 6.45) is 0.628. The van der Waals surface area contributed by atoms with E-state index in [4.69, 9.17) is 0 Å². The summed E-state index contributed by atoms with van der Waals surface area (Å²) in [4.78, 5) is 81.5. The van der Waals surface area contributed by atoms with E-state index in [2.05, 4.69) is 31.7 Å². The Morgan fingerprint density at radius 1 is 0.904 bits per heavy atom. The number of amides is 6. The van der Waals surface area contributed by atoms with Crippen LogP contribution in [-0.2, 0) is 36.9 Å². The van der Waals surface area contributed by atoms with Gasteiger partial charge in [-0.25, -0.2) is 0 Å². The minimum atomic E-state index is -1.07. The Morgan fingerprint density at radius 2 is 1.60 bits per heavy atom. The standard InChI is InChI=1S/C38H50N8O6/c1-23(2)33-37(51)40-26(5)34(48)42-31(20-27-11-8-7-9-12-27)38(52)45(6)22-32(47)39-18-10-13-30(36(50)43-33)41-35(49)29-16-14-28(15-17-29)21-46-25(4)19-24(3)44-46/h7-9,11-12,14-17,19,23,26,30-31,33H,10,13,18,20-22H2,1-6H3,(H,39,47)(H,40,51)(H,41,49)(H,42,48)(H,43,50)/t26-,30+,31+,33-/m1/s1. The van der Waals surface area contributed by atoms with Crippen LogP contribution in [0.5, 0.6) is 0 Å². The van der Waals surface area contributed by atoms with Crippen LogP contribution in [0.1, 0.15) is 66.5 Å². The number of likely N-dealkylation sites (N-methyl/N-ethyl adjacent to an activating group) is 1. The SMILES string of the molecule is Cc1cc(C)n(Cc2ccc(C(=O)N[C@H]3CCCNC(=O)CN(C)C(=O)[C@H](Cc4ccccc4)NC(=O)[C@@H](C)NC(=O)[C@@H](C(C)C)NC3=O)cc2)n1. The molecular weight excluding hydrogens is 664 g/mol. The maximum absolute atomic E-state index is 13.7. The molecule has 0 spiro atoms. The molecule has 5 N–H and O–H groups in total. The van der Waals surface area contributed by atoms with Crippen molar-refractivity contribution < 1.29 is 28.8 Å². The summed E-state index contributed by atoms with van der Waals surface area (Å²) < 4.78 is 1.88. The highest BCUT2D eigenvalue weighted by Crippen LogP contribution is 2.12. The van der Waals surface area contributed by atoms with Gasteiger partial charge in [-0.2, -0.15) is 5.10 Å². The van der Waals surface area contributed by atoms with Gasteiger partial charge in [0.2, 0.25) is 29.5 Å².